The number of aromatic nitrogens is 1. The van der Waals surface area contributed by atoms with Crippen LogP contribution in [-0.2, 0) is 6.42 Å². The van der Waals surface area contributed by atoms with Gasteiger partial charge in [-0.3, -0.25) is 9.98 Å². The van der Waals surface area contributed by atoms with Gasteiger partial charge in [0.25, 0.3) is 0 Å². The highest BCUT2D eigenvalue weighted by Crippen LogP contribution is 2.35. The first-order valence-corrected chi connectivity index (χ1v) is 12.2. The number of thioether (sulfide) groups is 1. The van der Waals surface area contributed by atoms with Crippen LogP contribution in [0.15, 0.2) is 52.8 Å². The highest BCUT2D eigenvalue weighted by Gasteiger charge is 2.30. The zero-order chi connectivity index (χ0) is 21.8. The highest BCUT2D eigenvalue weighted by molar-refractivity contribution is 7.98. The molecule has 2 atom stereocenters. The molecule has 0 saturated heterocycles. The van der Waals surface area contributed by atoms with Crippen molar-refractivity contribution in [2.45, 2.75) is 38.9 Å². The van der Waals surface area contributed by atoms with Gasteiger partial charge in [-0.2, -0.15) is 11.8 Å². The Morgan fingerprint density at radius 2 is 2.19 bits per heavy atom. The molecule has 1 N–H and O–H groups in total. The average molecular weight is 441 g/mol. The lowest BCUT2D eigenvalue weighted by molar-refractivity contribution is 0.337. The van der Waals surface area contributed by atoms with Crippen molar-refractivity contribution in [1.82, 2.24) is 10.3 Å². The lowest BCUT2D eigenvalue weighted by Gasteiger charge is -2.40. The molecule has 2 aliphatic heterocycles. The maximum atomic E-state index is 14.9. The van der Waals surface area contributed by atoms with Crippen LogP contribution in [0.5, 0.6) is 5.75 Å². The van der Waals surface area contributed by atoms with Crippen LogP contribution >= 0.6 is 11.8 Å². The van der Waals surface area contributed by atoms with E-state index >= 15 is 0 Å². The van der Waals surface area contributed by atoms with E-state index in [1.54, 1.807) is 24.0 Å². The van der Waals surface area contributed by atoms with Crippen molar-refractivity contribution >= 4 is 23.7 Å². The molecule has 2 aliphatic rings. The molecule has 2 unspecified atom stereocenters. The zero-order valence-electron chi connectivity index (χ0n) is 18.3. The summed E-state index contributed by atoms with van der Waals surface area (Å²) in [4.78, 5) is 11.3. The summed E-state index contributed by atoms with van der Waals surface area (Å²) in [5.41, 5.74) is 4.74. The molecule has 164 valence electrons. The molecule has 0 saturated carbocycles. The number of aliphatic imine (C=N–C) groups is 1. The predicted molar refractivity (Wildman–Crippen MR) is 127 cm³/mol. The van der Waals surface area contributed by atoms with E-state index in [0.29, 0.717) is 24.3 Å². The minimum absolute atomic E-state index is 0.0793. The number of hydrogen-bond donors (Lipinski definition) is 1. The summed E-state index contributed by atoms with van der Waals surface area (Å²) in [6, 6.07) is 9.58. The van der Waals surface area contributed by atoms with Gasteiger partial charge in [-0.25, -0.2) is 4.39 Å². The Hall–Kier alpha value is -2.54. The Labute approximate surface area is 187 Å². The van der Waals surface area contributed by atoms with Crippen molar-refractivity contribution in [3.63, 3.8) is 0 Å². The fourth-order valence-corrected chi connectivity index (χ4v) is 4.45. The van der Waals surface area contributed by atoms with Gasteiger partial charge in [0.2, 0.25) is 0 Å². The van der Waals surface area contributed by atoms with Gasteiger partial charge in [0.1, 0.15) is 11.6 Å². The Balaban J connectivity index is 1.56. The summed E-state index contributed by atoms with van der Waals surface area (Å²) in [5, 5.41) is 3.54. The molecule has 0 bridgehead atoms. The summed E-state index contributed by atoms with van der Waals surface area (Å²) in [7, 11) is 0. The molecular weight excluding hydrogens is 411 g/mol. The lowest BCUT2D eigenvalue weighted by Crippen LogP contribution is -2.44. The third-order valence-corrected chi connectivity index (χ3v) is 6.45. The second kappa shape index (κ2) is 9.73. The number of pyridine rings is 1. The molecule has 0 amide bonds. The number of ether oxygens (including phenoxy) is 1. The number of rotatable bonds is 7. The first kappa shape index (κ1) is 21.7. The van der Waals surface area contributed by atoms with Crippen LogP contribution in [0.1, 0.15) is 37.7 Å². The molecule has 0 aliphatic carbocycles. The summed E-state index contributed by atoms with van der Waals surface area (Å²) in [5.74, 6) is 1.34. The second-order valence-electron chi connectivity index (χ2n) is 7.73. The maximum absolute atomic E-state index is 14.9. The first-order valence-electron chi connectivity index (χ1n) is 10.8. The molecule has 7 heteroatoms. The van der Waals surface area contributed by atoms with E-state index in [-0.39, 0.29) is 18.0 Å². The van der Waals surface area contributed by atoms with E-state index in [1.165, 1.54) is 5.70 Å². The molecule has 0 spiro atoms. The van der Waals surface area contributed by atoms with Crippen LogP contribution in [0.4, 0.5) is 10.1 Å². The fourth-order valence-electron chi connectivity index (χ4n) is 4.20. The van der Waals surface area contributed by atoms with E-state index in [9.17, 15) is 4.39 Å². The van der Waals surface area contributed by atoms with Crippen molar-refractivity contribution in [2.75, 3.05) is 30.1 Å². The average Bonchev–Trinajstić information content (AvgIpc) is 2.79. The number of halogens is 1. The van der Waals surface area contributed by atoms with E-state index < -0.39 is 0 Å². The molecule has 2 aromatic rings. The third-order valence-electron chi connectivity index (χ3n) is 5.88. The van der Waals surface area contributed by atoms with Gasteiger partial charge in [0, 0.05) is 59.7 Å². The van der Waals surface area contributed by atoms with Crippen LogP contribution in [-0.4, -0.2) is 42.4 Å². The van der Waals surface area contributed by atoms with Crippen molar-refractivity contribution in [1.29, 1.82) is 0 Å². The summed E-state index contributed by atoms with van der Waals surface area (Å²) < 4.78 is 20.8. The molecule has 3 heterocycles. The quantitative estimate of drug-likeness (QED) is 0.630. The van der Waals surface area contributed by atoms with E-state index in [4.69, 9.17) is 9.73 Å². The van der Waals surface area contributed by atoms with Gasteiger partial charge in [0.15, 0.2) is 6.17 Å². The largest absolute Gasteiger partial charge is 0.492 e. The van der Waals surface area contributed by atoms with Crippen LogP contribution in [0.25, 0.3) is 0 Å². The lowest BCUT2D eigenvalue weighted by atomic mass is 9.96. The number of anilines is 1. The Morgan fingerprint density at radius 3 is 2.94 bits per heavy atom. The zero-order valence-corrected chi connectivity index (χ0v) is 19.1. The highest BCUT2D eigenvalue weighted by atomic mass is 32.2. The van der Waals surface area contributed by atoms with Crippen molar-refractivity contribution < 1.29 is 9.13 Å². The van der Waals surface area contributed by atoms with E-state index in [1.807, 2.05) is 43.7 Å². The van der Waals surface area contributed by atoms with Gasteiger partial charge < -0.3 is 15.0 Å². The molecule has 1 aromatic carbocycles. The van der Waals surface area contributed by atoms with Gasteiger partial charge in [-0.15, -0.1) is 0 Å². The minimum atomic E-state index is -0.197. The standard InChI is InChI=1S/C24H29FN4OS/c1-4-18-20(25)13-17(14-23(18)30-11-12-31-3)29-10-8-21-19(16(29)2)15-27-24(28-21)22-7-5-6-9-26-22/h5-7,9,13-16,24,28H,4,8,10-12H2,1-3H3. The number of nitrogens with one attached hydrogen (secondary N) is 1. The molecule has 0 radical (unpaired) electrons. The van der Waals surface area contributed by atoms with E-state index in [2.05, 4.69) is 22.1 Å². The topological polar surface area (TPSA) is 49.8 Å². The van der Waals surface area contributed by atoms with Gasteiger partial charge in [0.05, 0.1) is 18.3 Å². The van der Waals surface area contributed by atoms with Gasteiger partial charge in [-0.05, 0) is 37.8 Å². The molecule has 0 fully saturated rings. The Kier molecular flexibility index (Phi) is 6.80. The van der Waals surface area contributed by atoms with Crippen LogP contribution in [0, 0.1) is 5.82 Å². The summed E-state index contributed by atoms with van der Waals surface area (Å²) in [6.07, 6.45) is 7.08. The Morgan fingerprint density at radius 1 is 1.32 bits per heavy atom. The third kappa shape index (κ3) is 4.56. The normalized spacial score (nSPS) is 20.5. The SMILES string of the molecule is CCc1c(F)cc(N2CCC3=C(C=NC(c4ccccn4)N3)C2C)cc1OCCSC. The maximum Gasteiger partial charge on any atom is 0.161 e. The molecule has 5 nitrogen and oxygen atoms in total. The van der Waals surface area contributed by atoms with Crippen molar-refractivity contribution in [3.05, 3.63) is 64.9 Å². The molecule has 1 aromatic heterocycles. The Bertz CT molecular complexity index is 979. The monoisotopic (exact) mass is 440 g/mol. The van der Waals surface area contributed by atoms with E-state index in [0.717, 1.165) is 35.7 Å². The predicted octanol–water partition coefficient (Wildman–Crippen LogP) is 4.75. The second-order valence-corrected chi connectivity index (χ2v) is 8.72. The van der Waals surface area contributed by atoms with Gasteiger partial charge in [-0.1, -0.05) is 13.0 Å². The first-order chi connectivity index (χ1) is 15.1. The fraction of sp³-hybridized carbons (Fsp3) is 0.417. The summed E-state index contributed by atoms with van der Waals surface area (Å²) in [6.45, 7) is 5.48. The van der Waals surface area contributed by atoms with Crippen LogP contribution in [0.2, 0.25) is 0 Å². The number of hydrogen-bond acceptors (Lipinski definition) is 6. The van der Waals surface area contributed by atoms with Crippen molar-refractivity contribution in [2.24, 2.45) is 4.99 Å². The summed E-state index contributed by atoms with van der Waals surface area (Å²) >= 11 is 1.72. The molecule has 31 heavy (non-hydrogen) atoms. The van der Waals surface area contributed by atoms with Crippen LogP contribution < -0.4 is 15.0 Å². The van der Waals surface area contributed by atoms with Gasteiger partial charge >= 0.3 is 0 Å². The molecular formula is C24H29FN4OS. The van der Waals surface area contributed by atoms with Crippen LogP contribution in [0.3, 0.4) is 0 Å². The van der Waals surface area contributed by atoms with Crippen molar-refractivity contribution in [3.8, 4) is 5.75 Å². The molecule has 4 rings (SSSR count). The number of nitrogens with zero attached hydrogens (tertiary/aromatic N) is 3. The minimum Gasteiger partial charge on any atom is -0.492 e. The smallest absolute Gasteiger partial charge is 0.161 e. The number of benzene rings is 1.